The zero-order chi connectivity index (χ0) is 28.9. The van der Waals surface area contributed by atoms with Gasteiger partial charge >= 0.3 is 0 Å². The lowest BCUT2D eigenvalue weighted by molar-refractivity contribution is -0.117. The molecular formula is C31H23ClFN5O4. The van der Waals surface area contributed by atoms with Gasteiger partial charge in [-0.3, -0.25) is 9.59 Å². The molecule has 11 heteroatoms. The molecule has 5 aromatic rings. The van der Waals surface area contributed by atoms with Crippen LogP contribution in [0.15, 0.2) is 102 Å². The predicted octanol–water partition coefficient (Wildman–Crippen LogP) is 6.04. The largest absolute Gasteiger partial charge is 0.507 e. The van der Waals surface area contributed by atoms with E-state index in [0.29, 0.717) is 22.4 Å². The Morgan fingerprint density at radius 1 is 0.952 bits per heavy atom. The number of nitrogens with zero attached hydrogens (tertiary/aromatic N) is 2. The van der Waals surface area contributed by atoms with Crippen molar-refractivity contribution in [1.29, 1.82) is 5.26 Å². The van der Waals surface area contributed by atoms with E-state index in [1.54, 1.807) is 48.5 Å². The van der Waals surface area contributed by atoms with Crippen molar-refractivity contribution in [1.82, 2.24) is 4.98 Å². The summed E-state index contributed by atoms with van der Waals surface area (Å²) in [5.41, 5.74) is 8.35. The van der Waals surface area contributed by atoms with Gasteiger partial charge in [-0.25, -0.2) is 9.37 Å². The lowest BCUT2D eigenvalue weighted by atomic mass is 9.97. The van der Waals surface area contributed by atoms with Crippen LogP contribution in [0.3, 0.4) is 0 Å². The van der Waals surface area contributed by atoms with Crippen LogP contribution >= 0.6 is 12.4 Å². The van der Waals surface area contributed by atoms with Gasteiger partial charge in [-0.05, 0) is 53.6 Å². The number of hydrogen-bond donors (Lipinski definition) is 4. The van der Waals surface area contributed by atoms with Crippen LogP contribution in [-0.4, -0.2) is 21.9 Å². The maximum atomic E-state index is 13.7. The molecule has 2 aromatic heterocycles. The Morgan fingerprint density at radius 2 is 1.74 bits per heavy atom. The normalized spacial score (nSPS) is 11.1. The molecule has 2 amide bonds. The van der Waals surface area contributed by atoms with E-state index in [1.807, 2.05) is 6.07 Å². The molecule has 2 heterocycles. The third-order valence-corrected chi connectivity index (χ3v) is 6.23. The molecule has 0 aliphatic rings. The Balaban J connectivity index is 0.00000405. The first kappa shape index (κ1) is 29.5. The van der Waals surface area contributed by atoms with E-state index < -0.39 is 23.7 Å². The number of furan rings is 1. The van der Waals surface area contributed by atoms with Crippen molar-refractivity contribution >= 4 is 35.7 Å². The van der Waals surface area contributed by atoms with E-state index in [4.69, 9.17) is 10.2 Å². The average Bonchev–Trinajstić information content (AvgIpc) is 3.52. The second-order valence-corrected chi connectivity index (χ2v) is 8.94. The number of anilines is 2. The minimum Gasteiger partial charge on any atom is -0.507 e. The van der Waals surface area contributed by atoms with Gasteiger partial charge in [0, 0.05) is 22.9 Å². The molecule has 1 atom stereocenters. The molecule has 5 N–H and O–H groups in total. The lowest BCUT2D eigenvalue weighted by Crippen LogP contribution is -2.27. The Labute approximate surface area is 245 Å². The van der Waals surface area contributed by atoms with E-state index in [9.17, 15) is 24.3 Å². The number of hydrogen-bond acceptors (Lipinski definition) is 7. The summed E-state index contributed by atoms with van der Waals surface area (Å²) in [7, 11) is 0. The summed E-state index contributed by atoms with van der Waals surface area (Å²) in [5.74, 6) is -2.23. The topological polar surface area (TPSA) is 154 Å². The standard InChI is InChI=1S/C31H22FN5O4.ClH/c32-20-11-12-22(26(38)15-20)25-16-23(24(17-33)29(36-25)37-30(39)27-10-5-13-41-27)19-8-4-9-21(14-19)35-31(40)28(34)18-6-2-1-3-7-18;/h1-16,28,38H,34H2,(H,35,40)(H,36,37,39);1H. The van der Waals surface area contributed by atoms with Gasteiger partial charge in [0.05, 0.1) is 12.0 Å². The number of phenolic OH excluding ortho intramolecular Hbond substituents is 1. The number of phenols is 1. The second kappa shape index (κ2) is 12.8. The Hall–Kier alpha value is -5.50. The summed E-state index contributed by atoms with van der Waals surface area (Å²) in [6.45, 7) is 0. The number of pyridine rings is 1. The van der Waals surface area contributed by atoms with Crippen molar-refractivity contribution in [2.45, 2.75) is 6.04 Å². The van der Waals surface area contributed by atoms with Crippen molar-refractivity contribution in [2.24, 2.45) is 5.73 Å². The first-order valence-corrected chi connectivity index (χ1v) is 12.3. The van der Waals surface area contributed by atoms with Crippen LogP contribution in [0.2, 0.25) is 0 Å². The van der Waals surface area contributed by atoms with Gasteiger partial charge in [-0.1, -0.05) is 42.5 Å². The van der Waals surface area contributed by atoms with Crippen LogP contribution < -0.4 is 16.4 Å². The average molecular weight is 584 g/mol. The van der Waals surface area contributed by atoms with Crippen LogP contribution in [0.5, 0.6) is 5.75 Å². The van der Waals surface area contributed by atoms with Gasteiger partial charge in [0.2, 0.25) is 5.91 Å². The Kier molecular flexibility index (Phi) is 8.97. The molecule has 0 aliphatic heterocycles. The number of nitrogens with two attached hydrogens (primary N) is 1. The van der Waals surface area contributed by atoms with Crippen LogP contribution in [-0.2, 0) is 4.79 Å². The van der Waals surface area contributed by atoms with E-state index in [1.165, 1.54) is 30.5 Å². The summed E-state index contributed by atoms with van der Waals surface area (Å²) >= 11 is 0. The Morgan fingerprint density at radius 3 is 2.43 bits per heavy atom. The quantitative estimate of drug-likeness (QED) is 0.182. The zero-order valence-electron chi connectivity index (χ0n) is 21.7. The van der Waals surface area contributed by atoms with Crippen LogP contribution in [0.25, 0.3) is 22.4 Å². The van der Waals surface area contributed by atoms with Gasteiger partial charge in [0.1, 0.15) is 29.2 Å². The van der Waals surface area contributed by atoms with Crippen LogP contribution in [0.1, 0.15) is 27.7 Å². The minimum absolute atomic E-state index is 0. The smallest absolute Gasteiger partial charge is 0.292 e. The third kappa shape index (κ3) is 6.28. The van der Waals surface area contributed by atoms with Gasteiger partial charge in [0.15, 0.2) is 11.6 Å². The fourth-order valence-electron chi connectivity index (χ4n) is 4.21. The number of nitrogens with one attached hydrogen (secondary N) is 2. The summed E-state index contributed by atoms with van der Waals surface area (Å²) in [6, 6.07) is 24.7. The van der Waals surface area contributed by atoms with Crippen molar-refractivity contribution in [3.63, 3.8) is 0 Å². The monoisotopic (exact) mass is 583 g/mol. The number of benzene rings is 3. The van der Waals surface area contributed by atoms with E-state index >= 15 is 0 Å². The highest BCUT2D eigenvalue weighted by Crippen LogP contribution is 2.36. The molecule has 3 aromatic carbocycles. The SMILES string of the molecule is Cl.N#Cc1c(-c2cccc(NC(=O)C(N)c3ccccc3)c2)cc(-c2ccc(F)cc2O)nc1NC(=O)c1ccco1. The number of nitriles is 1. The summed E-state index contributed by atoms with van der Waals surface area (Å²) < 4.78 is 18.9. The first-order valence-electron chi connectivity index (χ1n) is 12.3. The number of halogens is 2. The third-order valence-electron chi connectivity index (χ3n) is 6.23. The number of aromatic nitrogens is 1. The summed E-state index contributed by atoms with van der Waals surface area (Å²) in [5, 5.41) is 25.9. The number of carbonyl (C=O) groups excluding carboxylic acids is 2. The molecule has 9 nitrogen and oxygen atoms in total. The molecule has 5 rings (SSSR count). The number of carbonyl (C=O) groups is 2. The van der Waals surface area contributed by atoms with Crippen molar-refractivity contribution in [3.8, 4) is 34.2 Å². The fourth-order valence-corrected chi connectivity index (χ4v) is 4.21. The summed E-state index contributed by atoms with van der Waals surface area (Å²) in [4.78, 5) is 30.1. The molecule has 0 saturated heterocycles. The number of rotatable bonds is 7. The number of aromatic hydroxyl groups is 1. The molecule has 0 aliphatic carbocycles. The Bertz CT molecular complexity index is 1790. The predicted molar refractivity (Wildman–Crippen MR) is 157 cm³/mol. The zero-order valence-corrected chi connectivity index (χ0v) is 22.6. The highest BCUT2D eigenvalue weighted by atomic mass is 35.5. The molecule has 42 heavy (non-hydrogen) atoms. The second-order valence-electron chi connectivity index (χ2n) is 8.94. The molecule has 0 fully saturated rings. The molecule has 0 radical (unpaired) electrons. The van der Waals surface area contributed by atoms with Gasteiger partial charge in [-0.2, -0.15) is 5.26 Å². The van der Waals surface area contributed by atoms with E-state index in [2.05, 4.69) is 21.7 Å². The maximum Gasteiger partial charge on any atom is 0.292 e. The maximum absolute atomic E-state index is 13.7. The number of amides is 2. The molecule has 0 saturated carbocycles. The fraction of sp³-hybridized carbons (Fsp3) is 0.0323. The van der Waals surface area contributed by atoms with E-state index in [-0.39, 0.29) is 46.6 Å². The van der Waals surface area contributed by atoms with Gasteiger partial charge in [0.25, 0.3) is 5.91 Å². The summed E-state index contributed by atoms with van der Waals surface area (Å²) in [6.07, 6.45) is 1.33. The first-order chi connectivity index (χ1) is 19.8. The minimum atomic E-state index is -0.910. The highest BCUT2D eigenvalue weighted by molar-refractivity contribution is 6.03. The molecule has 210 valence electrons. The van der Waals surface area contributed by atoms with Gasteiger partial charge in [-0.15, -0.1) is 12.4 Å². The van der Waals surface area contributed by atoms with Crippen molar-refractivity contribution in [2.75, 3.05) is 10.6 Å². The molecular weight excluding hydrogens is 561 g/mol. The van der Waals surface area contributed by atoms with Crippen molar-refractivity contribution < 1.29 is 23.5 Å². The molecule has 0 bridgehead atoms. The van der Waals surface area contributed by atoms with Crippen molar-refractivity contribution in [3.05, 3.63) is 120 Å². The van der Waals surface area contributed by atoms with Gasteiger partial charge < -0.3 is 25.9 Å². The highest BCUT2D eigenvalue weighted by Gasteiger charge is 2.21. The lowest BCUT2D eigenvalue weighted by Gasteiger charge is -2.16. The molecule has 0 spiro atoms. The van der Waals surface area contributed by atoms with Crippen LogP contribution in [0.4, 0.5) is 15.9 Å². The molecule has 1 unspecified atom stereocenters. The van der Waals surface area contributed by atoms with E-state index in [0.717, 1.165) is 12.1 Å². The van der Waals surface area contributed by atoms with Crippen LogP contribution in [0, 0.1) is 17.1 Å².